The van der Waals surface area contributed by atoms with Crippen molar-refractivity contribution in [1.29, 1.82) is 0 Å². The van der Waals surface area contributed by atoms with Crippen molar-refractivity contribution < 1.29 is 0 Å². The van der Waals surface area contributed by atoms with E-state index < -0.39 is 0 Å². The van der Waals surface area contributed by atoms with Crippen LogP contribution in [0.15, 0.2) is 12.3 Å². The lowest BCUT2D eigenvalue weighted by molar-refractivity contribution is 0.536. The van der Waals surface area contributed by atoms with Gasteiger partial charge in [-0.25, -0.2) is 0 Å². The Morgan fingerprint density at radius 3 is 1.59 bits per heavy atom. The van der Waals surface area contributed by atoms with Gasteiger partial charge in [-0.1, -0.05) is 96.5 Å². The summed E-state index contributed by atoms with van der Waals surface area (Å²) >= 11 is 0. The summed E-state index contributed by atoms with van der Waals surface area (Å²) in [7, 11) is 0. The van der Waals surface area contributed by atoms with Gasteiger partial charge in [0.1, 0.15) is 0 Å². The summed E-state index contributed by atoms with van der Waals surface area (Å²) in [5.41, 5.74) is 5.40. The van der Waals surface area contributed by atoms with Gasteiger partial charge in [0.05, 0.1) is 0 Å². The number of hydrogen-bond donors (Lipinski definition) is 2. The quantitative estimate of drug-likeness (QED) is 0.308. The van der Waals surface area contributed by atoms with Gasteiger partial charge in [0, 0.05) is 13.1 Å². The molecule has 0 aliphatic carbocycles. The van der Waals surface area contributed by atoms with Gasteiger partial charge in [0.15, 0.2) is 0 Å². The molecule has 2 heteroatoms. The molecule has 0 aliphatic rings. The molecule has 0 rings (SSSR count). The van der Waals surface area contributed by atoms with Crippen molar-refractivity contribution in [2.24, 2.45) is 5.73 Å². The maximum Gasteiger partial charge on any atom is 0.0264 e. The molecule has 2 nitrogen and oxygen atoms in total. The molecule has 0 aromatic heterocycles. The van der Waals surface area contributed by atoms with Crippen LogP contribution >= 0.6 is 0 Å². The summed E-state index contributed by atoms with van der Waals surface area (Å²) in [5, 5.41) is 3.18. The van der Waals surface area contributed by atoms with Crippen molar-refractivity contribution in [3.8, 4) is 0 Å². The molecule has 0 aliphatic heterocycles. The average Bonchev–Trinajstić information content (AvgIpc) is 2.54. The van der Waals surface area contributed by atoms with Crippen molar-refractivity contribution in [2.75, 3.05) is 13.1 Å². The summed E-state index contributed by atoms with van der Waals surface area (Å²) in [4.78, 5) is 0. The van der Waals surface area contributed by atoms with Crippen LogP contribution in [-0.2, 0) is 0 Å². The Labute approximate surface area is 140 Å². The van der Waals surface area contributed by atoms with Crippen molar-refractivity contribution in [1.82, 2.24) is 5.32 Å². The Morgan fingerprint density at radius 2 is 1.14 bits per heavy atom. The van der Waals surface area contributed by atoms with Gasteiger partial charge in [-0.2, -0.15) is 0 Å². The Bertz CT molecular complexity index is 214. The Morgan fingerprint density at radius 1 is 0.682 bits per heavy atom. The number of nitrogens with one attached hydrogen (secondary N) is 1. The first kappa shape index (κ1) is 21.5. The van der Waals surface area contributed by atoms with Crippen LogP contribution in [0.3, 0.4) is 0 Å². The van der Waals surface area contributed by atoms with Crippen LogP contribution in [0.2, 0.25) is 0 Å². The Hall–Kier alpha value is -0.500. The zero-order chi connectivity index (χ0) is 16.1. The molecule has 0 radical (unpaired) electrons. The standard InChI is InChI=1S/C20H42N2/c1-2-3-4-5-6-7-8-9-10-11-12-13-14-15-16-17-19-22-20-18-21/h17,19,22H,2-16,18,20-21H2,1H3/b19-17+. The number of unbranched alkanes of at least 4 members (excludes halogenated alkanes) is 14. The van der Waals surface area contributed by atoms with E-state index in [4.69, 9.17) is 5.73 Å². The lowest BCUT2D eigenvalue weighted by Gasteiger charge is -2.03. The highest BCUT2D eigenvalue weighted by Gasteiger charge is 1.93. The molecular weight excluding hydrogens is 268 g/mol. The molecule has 0 saturated carbocycles. The first-order chi connectivity index (χ1) is 10.9. The van der Waals surface area contributed by atoms with E-state index in [1.54, 1.807) is 0 Å². The molecule has 0 amide bonds. The Kier molecular flexibility index (Phi) is 20.0. The monoisotopic (exact) mass is 310 g/mol. The average molecular weight is 311 g/mol. The molecule has 0 spiro atoms. The predicted octanol–water partition coefficient (Wildman–Crippen LogP) is 5.92. The molecule has 0 unspecified atom stereocenters. The lowest BCUT2D eigenvalue weighted by atomic mass is 10.0. The number of allylic oxidation sites excluding steroid dienone is 1. The molecule has 0 aromatic carbocycles. The molecule has 0 heterocycles. The molecule has 0 atom stereocenters. The van der Waals surface area contributed by atoms with E-state index in [0.29, 0.717) is 6.54 Å². The van der Waals surface area contributed by atoms with E-state index >= 15 is 0 Å². The van der Waals surface area contributed by atoms with E-state index in [0.717, 1.165) is 6.54 Å². The van der Waals surface area contributed by atoms with Gasteiger partial charge in [-0.15, -0.1) is 0 Å². The van der Waals surface area contributed by atoms with Gasteiger partial charge >= 0.3 is 0 Å². The zero-order valence-electron chi connectivity index (χ0n) is 15.3. The first-order valence-corrected chi connectivity index (χ1v) is 10.00. The summed E-state index contributed by atoms with van der Waals surface area (Å²) < 4.78 is 0. The SMILES string of the molecule is CCCCCCCCCCCCCCCC/C=C/NCCN. The zero-order valence-corrected chi connectivity index (χ0v) is 15.3. The van der Waals surface area contributed by atoms with Crippen LogP contribution in [0, 0.1) is 0 Å². The second kappa shape index (κ2) is 20.5. The third-order valence-corrected chi connectivity index (χ3v) is 4.25. The van der Waals surface area contributed by atoms with E-state index in [1.165, 1.54) is 96.3 Å². The first-order valence-electron chi connectivity index (χ1n) is 10.00. The van der Waals surface area contributed by atoms with Crippen molar-refractivity contribution in [3.05, 3.63) is 12.3 Å². The molecule has 22 heavy (non-hydrogen) atoms. The maximum atomic E-state index is 5.40. The molecule has 0 saturated heterocycles. The maximum absolute atomic E-state index is 5.40. The molecular formula is C20H42N2. The van der Waals surface area contributed by atoms with Gasteiger partial charge in [-0.05, 0) is 19.0 Å². The van der Waals surface area contributed by atoms with Gasteiger partial charge in [0.2, 0.25) is 0 Å². The Balaban J connectivity index is 2.98. The minimum absolute atomic E-state index is 0.712. The van der Waals surface area contributed by atoms with Crippen molar-refractivity contribution >= 4 is 0 Å². The van der Waals surface area contributed by atoms with Crippen LogP contribution in [-0.4, -0.2) is 13.1 Å². The minimum atomic E-state index is 0.712. The summed E-state index contributed by atoms with van der Waals surface area (Å²) in [6, 6.07) is 0. The second-order valence-corrected chi connectivity index (χ2v) is 6.53. The highest BCUT2D eigenvalue weighted by Crippen LogP contribution is 2.13. The smallest absolute Gasteiger partial charge is 0.0264 e. The molecule has 132 valence electrons. The summed E-state index contributed by atoms with van der Waals surface area (Å²) in [6.07, 6.45) is 25.5. The lowest BCUT2D eigenvalue weighted by Crippen LogP contribution is -2.16. The summed E-state index contributed by atoms with van der Waals surface area (Å²) in [6.45, 7) is 3.88. The number of rotatable bonds is 18. The fourth-order valence-corrected chi connectivity index (χ4v) is 2.79. The van der Waals surface area contributed by atoms with Crippen LogP contribution in [0.25, 0.3) is 0 Å². The molecule has 0 fully saturated rings. The van der Waals surface area contributed by atoms with Gasteiger partial charge < -0.3 is 11.1 Å². The number of hydrogen-bond acceptors (Lipinski definition) is 2. The van der Waals surface area contributed by atoms with E-state index in [1.807, 2.05) is 0 Å². The van der Waals surface area contributed by atoms with Crippen LogP contribution in [0.5, 0.6) is 0 Å². The van der Waals surface area contributed by atoms with E-state index in [-0.39, 0.29) is 0 Å². The fraction of sp³-hybridized carbons (Fsp3) is 0.900. The number of nitrogens with two attached hydrogens (primary N) is 1. The van der Waals surface area contributed by atoms with Crippen molar-refractivity contribution in [2.45, 2.75) is 103 Å². The van der Waals surface area contributed by atoms with Crippen LogP contribution in [0.1, 0.15) is 103 Å². The van der Waals surface area contributed by atoms with E-state index in [9.17, 15) is 0 Å². The molecule has 3 N–H and O–H groups in total. The topological polar surface area (TPSA) is 38.0 Å². The highest BCUT2D eigenvalue weighted by molar-refractivity contribution is 4.79. The van der Waals surface area contributed by atoms with Gasteiger partial charge in [0.25, 0.3) is 0 Å². The van der Waals surface area contributed by atoms with Crippen LogP contribution < -0.4 is 11.1 Å². The van der Waals surface area contributed by atoms with Gasteiger partial charge in [-0.3, -0.25) is 0 Å². The summed E-state index contributed by atoms with van der Waals surface area (Å²) in [5.74, 6) is 0. The highest BCUT2D eigenvalue weighted by atomic mass is 14.8. The second-order valence-electron chi connectivity index (χ2n) is 6.53. The van der Waals surface area contributed by atoms with Crippen LogP contribution in [0.4, 0.5) is 0 Å². The predicted molar refractivity (Wildman–Crippen MR) is 101 cm³/mol. The largest absolute Gasteiger partial charge is 0.390 e. The minimum Gasteiger partial charge on any atom is -0.390 e. The molecule has 0 bridgehead atoms. The van der Waals surface area contributed by atoms with Crippen molar-refractivity contribution in [3.63, 3.8) is 0 Å². The molecule has 0 aromatic rings. The third-order valence-electron chi connectivity index (χ3n) is 4.25. The fourth-order valence-electron chi connectivity index (χ4n) is 2.79. The normalized spacial score (nSPS) is 11.4. The van der Waals surface area contributed by atoms with E-state index in [2.05, 4.69) is 24.5 Å². The third kappa shape index (κ3) is 19.5.